The minimum Gasteiger partial charge on any atom is -0.508 e. The molecule has 7 nitrogen and oxygen atoms in total. The molecule has 1 aromatic heterocycles. The zero-order chi connectivity index (χ0) is 18.6. The molecule has 0 aliphatic carbocycles. The van der Waals surface area contributed by atoms with Crippen LogP contribution in [0.4, 0.5) is 5.69 Å². The first-order chi connectivity index (χ1) is 11.7. The summed E-state index contributed by atoms with van der Waals surface area (Å²) in [5.41, 5.74) is 0.523. The standard InChI is InChI=1S/C18H22N4O3/c1-11(21-17(25)18(2,3)4)16(24)22-13-9-19-15(20-10-13)12-6-5-7-14(23)8-12/h5-11,23H,1-4H3,(H,21,25)(H,22,24)/t11-/m0/s1. The Balaban J connectivity index is 2.01. The maximum Gasteiger partial charge on any atom is 0.246 e. The van der Waals surface area contributed by atoms with E-state index < -0.39 is 11.5 Å². The van der Waals surface area contributed by atoms with Crippen LogP contribution in [0.1, 0.15) is 27.7 Å². The van der Waals surface area contributed by atoms with Crippen molar-refractivity contribution in [3.8, 4) is 17.1 Å². The molecule has 25 heavy (non-hydrogen) atoms. The van der Waals surface area contributed by atoms with E-state index in [1.807, 2.05) is 0 Å². The fraction of sp³-hybridized carbons (Fsp3) is 0.333. The Morgan fingerprint density at radius 1 is 1.16 bits per heavy atom. The highest BCUT2D eigenvalue weighted by molar-refractivity contribution is 5.97. The number of nitrogens with zero attached hydrogens (tertiary/aromatic N) is 2. The van der Waals surface area contributed by atoms with E-state index >= 15 is 0 Å². The predicted molar refractivity (Wildman–Crippen MR) is 94.8 cm³/mol. The lowest BCUT2D eigenvalue weighted by Crippen LogP contribution is -2.46. The van der Waals surface area contributed by atoms with Gasteiger partial charge >= 0.3 is 0 Å². The van der Waals surface area contributed by atoms with Gasteiger partial charge in [-0.1, -0.05) is 32.9 Å². The van der Waals surface area contributed by atoms with Gasteiger partial charge in [-0.25, -0.2) is 9.97 Å². The van der Waals surface area contributed by atoms with E-state index in [1.54, 1.807) is 52.0 Å². The maximum absolute atomic E-state index is 12.2. The highest BCUT2D eigenvalue weighted by Gasteiger charge is 2.25. The van der Waals surface area contributed by atoms with Gasteiger partial charge in [0.25, 0.3) is 0 Å². The number of phenols is 1. The summed E-state index contributed by atoms with van der Waals surface area (Å²) < 4.78 is 0. The van der Waals surface area contributed by atoms with Gasteiger partial charge in [0.05, 0.1) is 18.1 Å². The van der Waals surface area contributed by atoms with E-state index in [0.717, 1.165) is 0 Å². The van der Waals surface area contributed by atoms with Gasteiger partial charge in [-0.05, 0) is 19.1 Å². The molecule has 0 radical (unpaired) electrons. The van der Waals surface area contributed by atoms with Gasteiger partial charge in [-0.2, -0.15) is 0 Å². The summed E-state index contributed by atoms with van der Waals surface area (Å²) in [6, 6.07) is 5.90. The molecule has 7 heteroatoms. The number of hydrogen-bond donors (Lipinski definition) is 3. The third kappa shape index (κ3) is 5.00. The number of phenolic OH excluding ortho intramolecular Hbond substituents is 1. The van der Waals surface area contributed by atoms with Gasteiger partial charge in [0.1, 0.15) is 11.8 Å². The molecule has 0 aliphatic heterocycles. The van der Waals surface area contributed by atoms with Crippen molar-refractivity contribution >= 4 is 17.5 Å². The van der Waals surface area contributed by atoms with E-state index in [9.17, 15) is 14.7 Å². The number of benzene rings is 1. The number of nitrogens with one attached hydrogen (secondary N) is 2. The van der Waals surface area contributed by atoms with Gasteiger partial charge in [-0.15, -0.1) is 0 Å². The summed E-state index contributed by atoms with van der Waals surface area (Å²) in [5, 5.41) is 14.8. The second kappa shape index (κ2) is 7.29. The van der Waals surface area contributed by atoms with Crippen molar-refractivity contribution in [1.82, 2.24) is 15.3 Å². The summed E-state index contributed by atoms with van der Waals surface area (Å²) >= 11 is 0. The second-order valence-electron chi connectivity index (χ2n) is 6.78. The summed E-state index contributed by atoms with van der Waals surface area (Å²) in [6.45, 7) is 6.95. The van der Waals surface area contributed by atoms with Gasteiger partial charge in [-0.3, -0.25) is 9.59 Å². The molecule has 0 bridgehead atoms. The van der Waals surface area contributed by atoms with E-state index in [0.29, 0.717) is 17.1 Å². The third-order valence-corrected chi connectivity index (χ3v) is 3.45. The largest absolute Gasteiger partial charge is 0.508 e. The van der Waals surface area contributed by atoms with Crippen molar-refractivity contribution in [3.63, 3.8) is 0 Å². The molecule has 0 aliphatic rings. The predicted octanol–water partition coefficient (Wildman–Crippen LogP) is 2.34. The first kappa shape index (κ1) is 18.4. The van der Waals surface area contributed by atoms with Gasteiger partial charge < -0.3 is 15.7 Å². The normalized spacial score (nSPS) is 12.3. The summed E-state index contributed by atoms with van der Waals surface area (Å²) in [4.78, 5) is 32.4. The van der Waals surface area contributed by atoms with Gasteiger partial charge in [0.15, 0.2) is 5.82 Å². The average molecular weight is 342 g/mol. The molecular weight excluding hydrogens is 320 g/mol. The molecule has 132 valence electrons. The molecule has 1 atom stereocenters. The van der Waals surface area contributed by atoms with Crippen molar-refractivity contribution < 1.29 is 14.7 Å². The first-order valence-electron chi connectivity index (χ1n) is 7.90. The molecule has 0 saturated heterocycles. The van der Waals surface area contributed by atoms with E-state index in [4.69, 9.17) is 0 Å². The number of carbonyl (C=O) groups is 2. The maximum atomic E-state index is 12.2. The van der Waals surface area contributed by atoms with Crippen LogP contribution in [0.15, 0.2) is 36.7 Å². The molecule has 2 amide bonds. The molecular formula is C18H22N4O3. The fourth-order valence-electron chi connectivity index (χ4n) is 1.92. The van der Waals surface area contributed by atoms with Crippen LogP contribution in [0.5, 0.6) is 5.75 Å². The van der Waals surface area contributed by atoms with Crippen LogP contribution in [-0.4, -0.2) is 32.9 Å². The lowest BCUT2D eigenvalue weighted by molar-refractivity contribution is -0.131. The van der Waals surface area contributed by atoms with Crippen LogP contribution in [0, 0.1) is 5.41 Å². The number of aromatic hydroxyl groups is 1. The van der Waals surface area contributed by atoms with Crippen molar-refractivity contribution in [2.24, 2.45) is 5.41 Å². The fourth-order valence-corrected chi connectivity index (χ4v) is 1.92. The van der Waals surface area contributed by atoms with Crippen LogP contribution in [0.3, 0.4) is 0 Å². The number of aromatic nitrogens is 2. The molecule has 0 unspecified atom stereocenters. The van der Waals surface area contributed by atoms with Crippen molar-refractivity contribution in [3.05, 3.63) is 36.7 Å². The van der Waals surface area contributed by atoms with Crippen LogP contribution in [-0.2, 0) is 9.59 Å². The van der Waals surface area contributed by atoms with E-state index in [-0.39, 0.29) is 17.6 Å². The number of hydrogen-bond acceptors (Lipinski definition) is 5. The summed E-state index contributed by atoms with van der Waals surface area (Å²) in [6.07, 6.45) is 2.95. The lowest BCUT2D eigenvalue weighted by Gasteiger charge is -2.21. The Hall–Kier alpha value is -2.96. The Bertz CT molecular complexity index is 767. The van der Waals surface area contributed by atoms with Gasteiger partial charge in [0.2, 0.25) is 11.8 Å². The molecule has 2 aromatic rings. The highest BCUT2D eigenvalue weighted by atomic mass is 16.3. The molecule has 2 rings (SSSR count). The topological polar surface area (TPSA) is 104 Å². The molecule has 0 spiro atoms. The minimum absolute atomic E-state index is 0.127. The Kier molecular flexibility index (Phi) is 5.36. The zero-order valence-corrected chi connectivity index (χ0v) is 14.7. The Labute approximate surface area is 146 Å². The van der Waals surface area contributed by atoms with E-state index in [1.165, 1.54) is 12.4 Å². The zero-order valence-electron chi connectivity index (χ0n) is 14.7. The first-order valence-corrected chi connectivity index (χ1v) is 7.90. The highest BCUT2D eigenvalue weighted by Crippen LogP contribution is 2.20. The van der Waals surface area contributed by atoms with Crippen LogP contribution < -0.4 is 10.6 Å². The third-order valence-electron chi connectivity index (χ3n) is 3.45. The Morgan fingerprint density at radius 2 is 1.80 bits per heavy atom. The van der Waals surface area contributed by atoms with Crippen molar-refractivity contribution in [2.45, 2.75) is 33.7 Å². The quantitative estimate of drug-likeness (QED) is 0.791. The van der Waals surface area contributed by atoms with Crippen molar-refractivity contribution in [1.29, 1.82) is 0 Å². The summed E-state index contributed by atoms with van der Waals surface area (Å²) in [7, 11) is 0. The average Bonchev–Trinajstić information content (AvgIpc) is 2.54. The lowest BCUT2D eigenvalue weighted by atomic mass is 9.95. The monoisotopic (exact) mass is 342 g/mol. The number of rotatable bonds is 4. The van der Waals surface area contributed by atoms with Crippen LogP contribution in [0.25, 0.3) is 11.4 Å². The molecule has 0 saturated carbocycles. The van der Waals surface area contributed by atoms with Crippen molar-refractivity contribution in [2.75, 3.05) is 5.32 Å². The molecule has 3 N–H and O–H groups in total. The number of amides is 2. The van der Waals surface area contributed by atoms with Crippen LogP contribution >= 0.6 is 0 Å². The van der Waals surface area contributed by atoms with Crippen LogP contribution in [0.2, 0.25) is 0 Å². The summed E-state index contributed by atoms with van der Waals surface area (Å²) in [5.74, 6) is 0.00168. The second-order valence-corrected chi connectivity index (χ2v) is 6.78. The van der Waals surface area contributed by atoms with Gasteiger partial charge in [0, 0.05) is 11.0 Å². The Morgan fingerprint density at radius 3 is 2.36 bits per heavy atom. The van der Waals surface area contributed by atoms with E-state index in [2.05, 4.69) is 20.6 Å². The molecule has 0 fully saturated rings. The SMILES string of the molecule is C[C@H](NC(=O)C(C)(C)C)C(=O)Nc1cnc(-c2cccc(O)c2)nc1. The number of carbonyl (C=O) groups excluding carboxylic acids is 2. The smallest absolute Gasteiger partial charge is 0.246 e. The molecule has 1 heterocycles. The minimum atomic E-state index is -0.683. The molecule has 1 aromatic carbocycles. The number of anilines is 1.